The van der Waals surface area contributed by atoms with Gasteiger partial charge in [-0.3, -0.25) is 0 Å². The Labute approximate surface area is 85.8 Å². The van der Waals surface area contributed by atoms with Crippen molar-refractivity contribution in [2.24, 2.45) is 5.73 Å². The number of rotatable bonds is 5. The summed E-state index contributed by atoms with van der Waals surface area (Å²) in [5, 5.41) is 0. The van der Waals surface area contributed by atoms with Crippen LogP contribution in [0.3, 0.4) is 0 Å². The van der Waals surface area contributed by atoms with E-state index in [-0.39, 0.29) is 5.75 Å². The number of hydrogen-bond acceptors (Lipinski definition) is 2. The van der Waals surface area contributed by atoms with Crippen LogP contribution in [0.1, 0.15) is 5.56 Å². The van der Waals surface area contributed by atoms with Crippen molar-refractivity contribution >= 4 is 0 Å². The fourth-order valence-corrected chi connectivity index (χ4v) is 1.14. The first kappa shape index (κ1) is 11.8. The Morgan fingerprint density at radius 2 is 2.07 bits per heavy atom. The normalized spacial score (nSPS) is 10.7. The van der Waals surface area contributed by atoms with Gasteiger partial charge in [0.1, 0.15) is 6.61 Å². The highest BCUT2D eigenvalue weighted by Gasteiger charge is 2.08. The highest BCUT2D eigenvalue weighted by Crippen LogP contribution is 2.19. The predicted molar refractivity (Wildman–Crippen MR) is 50.7 cm³/mol. The van der Waals surface area contributed by atoms with Crippen molar-refractivity contribution < 1.29 is 17.9 Å². The smallest absolute Gasteiger partial charge is 0.272 e. The molecule has 0 fully saturated rings. The Morgan fingerprint density at radius 3 is 2.60 bits per heavy atom. The van der Waals surface area contributed by atoms with Crippen LogP contribution in [0, 0.1) is 5.82 Å². The second kappa shape index (κ2) is 5.60. The molecule has 0 saturated carbocycles. The summed E-state index contributed by atoms with van der Waals surface area (Å²) >= 11 is 0. The van der Waals surface area contributed by atoms with E-state index in [1.807, 2.05) is 0 Å². The summed E-state index contributed by atoms with van der Waals surface area (Å²) in [7, 11) is 0. The van der Waals surface area contributed by atoms with Crippen molar-refractivity contribution in [1.29, 1.82) is 0 Å². The summed E-state index contributed by atoms with van der Waals surface area (Å²) in [6, 6.07) is 4.19. The van der Waals surface area contributed by atoms with Crippen LogP contribution in [0.5, 0.6) is 5.75 Å². The Hall–Kier alpha value is -1.23. The first-order chi connectivity index (χ1) is 7.13. The van der Waals surface area contributed by atoms with Crippen LogP contribution in [0.15, 0.2) is 18.2 Å². The molecule has 0 spiro atoms. The zero-order valence-electron chi connectivity index (χ0n) is 8.05. The first-order valence-corrected chi connectivity index (χ1v) is 4.53. The van der Waals surface area contributed by atoms with Crippen LogP contribution in [-0.4, -0.2) is 19.6 Å². The van der Waals surface area contributed by atoms with E-state index in [1.54, 1.807) is 6.07 Å². The number of nitrogens with two attached hydrogens (primary N) is 1. The van der Waals surface area contributed by atoms with Crippen LogP contribution >= 0.6 is 0 Å². The van der Waals surface area contributed by atoms with Gasteiger partial charge in [0.2, 0.25) is 0 Å². The zero-order valence-corrected chi connectivity index (χ0v) is 8.05. The highest BCUT2D eigenvalue weighted by molar-refractivity contribution is 5.29. The van der Waals surface area contributed by atoms with Gasteiger partial charge in [-0.25, -0.2) is 13.2 Å². The quantitative estimate of drug-likeness (QED) is 0.821. The lowest BCUT2D eigenvalue weighted by Gasteiger charge is -2.07. The molecule has 0 aromatic heterocycles. The molecule has 0 atom stereocenters. The van der Waals surface area contributed by atoms with E-state index in [9.17, 15) is 13.2 Å². The number of hydrogen-bond donors (Lipinski definition) is 1. The van der Waals surface area contributed by atoms with Crippen LogP contribution in [0.4, 0.5) is 13.2 Å². The van der Waals surface area contributed by atoms with E-state index in [4.69, 9.17) is 5.73 Å². The lowest BCUT2D eigenvalue weighted by molar-refractivity contribution is 0.0799. The second-order valence-corrected chi connectivity index (χ2v) is 3.01. The van der Waals surface area contributed by atoms with Gasteiger partial charge in [0.25, 0.3) is 6.43 Å². The molecular weight excluding hydrogens is 207 g/mol. The summed E-state index contributed by atoms with van der Waals surface area (Å²) in [5.41, 5.74) is 6.02. The lowest BCUT2D eigenvalue weighted by Crippen LogP contribution is -2.08. The molecule has 0 aliphatic carbocycles. The molecule has 0 bridgehead atoms. The summed E-state index contributed by atoms with van der Waals surface area (Å²) in [6.07, 6.45) is -2.06. The van der Waals surface area contributed by atoms with E-state index >= 15 is 0 Å². The fraction of sp³-hybridized carbons (Fsp3) is 0.400. The lowest BCUT2D eigenvalue weighted by atomic mass is 10.1. The van der Waals surface area contributed by atoms with Crippen molar-refractivity contribution in [3.05, 3.63) is 29.6 Å². The first-order valence-electron chi connectivity index (χ1n) is 4.53. The van der Waals surface area contributed by atoms with Crippen molar-refractivity contribution in [1.82, 2.24) is 0 Å². The number of ether oxygens (including phenoxy) is 1. The molecule has 0 radical (unpaired) electrons. The molecule has 1 aromatic carbocycles. The Bertz CT molecular complexity index is 318. The molecule has 2 nitrogen and oxygen atoms in total. The molecule has 0 amide bonds. The molecule has 15 heavy (non-hydrogen) atoms. The molecular formula is C10H12F3NO. The molecule has 0 heterocycles. The number of benzene rings is 1. The molecule has 5 heteroatoms. The van der Waals surface area contributed by atoms with Gasteiger partial charge in [-0.05, 0) is 30.7 Å². The maximum atomic E-state index is 13.2. The van der Waals surface area contributed by atoms with Gasteiger partial charge in [0.15, 0.2) is 11.6 Å². The van der Waals surface area contributed by atoms with Gasteiger partial charge >= 0.3 is 0 Å². The summed E-state index contributed by atoms with van der Waals surface area (Å²) in [5.74, 6) is -0.794. The average Bonchev–Trinajstić information content (AvgIpc) is 2.17. The molecule has 0 saturated heterocycles. The van der Waals surface area contributed by atoms with Crippen LogP contribution in [0.2, 0.25) is 0 Å². The zero-order chi connectivity index (χ0) is 11.3. The van der Waals surface area contributed by atoms with Crippen LogP contribution in [0.25, 0.3) is 0 Å². The molecule has 2 N–H and O–H groups in total. The third kappa shape index (κ3) is 3.79. The Kier molecular flexibility index (Phi) is 4.42. The number of halogens is 3. The fourth-order valence-electron chi connectivity index (χ4n) is 1.14. The van der Waals surface area contributed by atoms with E-state index in [0.717, 1.165) is 5.56 Å². The molecule has 0 aliphatic heterocycles. The average molecular weight is 219 g/mol. The minimum atomic E-state index is -2.60. The summed E-state index contributed by atoms with van der Waals surface area (Å²) in [6.45, 7) is -0.385. The molecule has 0 aliphatic rings. The van der Waals surface area contributed by atoms with Gasteiger partial charge < -0.3 is 10.5 Å². The second-order valence-electron chi connectivity index (χ2n) is 3.01. The van der Waals surface area contributed by atoms with Gasteiger partial charge in [0.05, 0.1) is 0 Å². The van der Waals surface area contributed by atoms with Gasteiger partial charge in [-0.1, -0.05) is 6.07 Å². The van der Waals surface area contributed by atoms with E-state index in [1.165, 1.54) is 12.1 Å². The maximum absolute atomic E-state index is 13.2. The Balaban J connectivity index is 2.66. The van der Waals surface area contributed by atoms with E-state index in [2.05, 4.69) is 4.74 Å². The molecule has 1 aromatic rings. The standard InChI is InChI=1S/C10H12F3NO/c11-8-5-7(3-4-14)1-2-9(8)15-6-10(12)13/h1-2,5,10H,3-4,6,14H2. The monoisotopic (exact) mass is 219 g/mol. The van der Waals surface area contributed by atoms with Gasteiger partial charge in [-0.2, -0.15) is 0 Å². The Morgan fingerprint density at radius 1 is 1.33 bits per heavy atom. The van der Waals surface area contributed by atoms with Crippen LogP contribution < -0.4 is 10.5 Å². The minimum absolute atomic E-state index is 0.156. The van der Waals surface area contributed by atoms with Crippen molar-refractivity contribution in [3.8, 4) is 5.75 Å². The van der Waals surface area contributed by atoms with Gasteiger partial charge in [-0.15, -0.1) is 0 Å². The minimum Gasteiger partial charge on any atom is -0.485 e. The van der Waals surface area contributed by atoms with Crippen molar-refractivity contribution in [2.45, 2.75) is 12.8 Å². The largest absolute Gasteiger partial charge is 0.485 e. The molecule has 1 rings (SSSR count). The SMILES string of the molecule is NCCc1ccc(OCC(F)F)c(F)c1. The van der Waals surface area contributed by atoms with Crippen molar-refractivity contribution in [3.63, 3.8) is 0 Å². The topological polar surface area (TPSA) is 35.2 Å². The molecule has 0 unspecified atom stereocenters. The van der Waals surface area contributed by atoms with E-state index in [0.29, 0.717) is 13.0 Å². The maximum Gasteiger partial charge on any atom is 0.272 e. The predicted octanol–water partition coefficient (Wildman–Crippen LogP) is 1.97. The highest BCUT2D eigenvalue weighted by atomic mass is 19.3. The third-order valence-corrected chi connectivity index (χ3v) is 1.79. The summed E-state index contributed by atoms with van der Waals surface area (Å²) in [4.78, 5) is 0. The van der Waals surface area contributed by atoms with Gasteiger partial charge in [0, 0.05) is 0 Å². The number of alkyl halides is 2. The molecule has 84 valence electrons. The third-order valence-electron chi connectivity index (χ3n) is 1.79. The van der Waals surface area contributed by atoms with Crippen LogP contribution in [-0.2, 0) is 6.42 Å². The summed E-state index contributed by atoms with van der Waals surface area (Å²) < 4.78 is 41.4. The van der Waals surface area contributed by atoms with Crippen molar-refractivity contribution in [2.75, 3.05) is 13.2 Å². The van der Waals surface area contributed by atoms with E-state index < -0.39 is 18.8 Å².